The Bertz CT molecular complexity index is 203. The van der Waals surface area contributed by atoms with Gasteiger partial charge in [-0.25, -0.2) is 0 Å². The summed E-state index contributed by atoms with van der Waals surface area (Å²) in [5.41, 5.74) is 0. The molecule has 0 aromatic carbocycles. The monoisotopic (exact) mass is 229 g/mol. The third kappa shape index (κ3) is 5.44. The standard InChI is InChI=1S/C11H23N3O2/c1-10(13-11(15)8-12-16)9-14-6-4-2-3-5-7-14/h8,10-11,13,15-16H,2-7,9H2,1H3/b12-8+/t10-,11?/m0/s1. The van der Waals surface area contributed by atoms with Crippen molar-refractivity contribution < 1.29 is 10.3 Å². The zero-order chi connectivity index (χ0) is 11.8. The molecule has 5 heteroatoms. The van der Waals surface area contributed by atoms with Crippen molar-refractivity contribution in [3.63, 3.8) is 0 Å². The average molecular weight is 229 g/mol. The molecular weight excluding hydrogens is 206 g/mol. The summed E-state index contributed by atoms with van der Waals surface area (Å²) in [5.74, 6) is 0. The molecule has 0 bridgehead atoms. The van der Waals surface area contributed by atoms with Gasteiger partial charge in [0.05, 0.1) is 6.21 Å². The summed E-state index contributed by atoms with van der Waals surface area (Å²) in [4.78, 5) is 2.42. The predicted molar refractivity (Wildman–Crippen MR) is 63.8 cm³/mol. The van der Waals surface area contributed by atoms with Crippen LogP contribution in [0.3, 0.4) is 0 Å². The first kappa shape index (κ1) is 13.4. The summed E-state index contributed by atoms with van der Waals surface area (Å²) in [6.07, 6.45) is 5.42. The van der Waals surface area contributed by atoms with Crippen molar-refractivity contribution >= 4 is 6.21 Å². The molecule has 5 nitrogen and oxygen atoms in total. The lowest BCUT2D eigenvalue weighted by molar-refractivity contribution is 0.167. The van der Waals surface area contributed by atoms with E-state index in [2.05, 4.69) is 15.4 Å². The van der Waals surface area contributed by atoms with E-state index in [0.29, 0.717) is 0 Å². The van der Waals surface area contributed by atoms with Crippen molar-refractivity contribution in [3.05, 3.63) is 0 Å². The summed E-state index contributed by atoms with van der Waals surface area (Å²) < 4.78 is 0. The van der Waals surface area contributed by atoms with E-state index in [1.807, 2.05) is 6.92 Å². The van der Waals surface area contributed by atoms with Gasteiger partial charge in [0.15, 0.2) is 0 Å². The van der Waals surface area contributed by atoms with Crippen LogP contribution in [0.2, 0.25) is 0 Å². The SMILES string of the molecule is C[C@@H](CN1CCCCCC1)NC(O)/C=N/O. The number of likely N-dealkylation sites (tertiary alicyclic amines) is 1. The van der Waals surface area contributed by atoms with Gasteiger partial charge in [0.25, 0.3) is 0 Å². The first-order valence-electron chi connectivity index (χ1n) is 6.06. The van der Waals surface area contributed by atoms with Gasteiger partial charge in [-0.15, -0.1) is 0 Å². The van der Waals surface area contributed by atoms with Crippen LogP contribution in [0, 0.1) is 0 Å². The van der Waals surface area contributed by atoms with Crippen LogP contribution < -0.4 is 5.32 Å². The second kappa shape index (κ2) is 7.60. The quantitative estimate of drug-likeness (QED) is 0.280. The zero-order valence-corrected chi connectivity index (χ0v) is 9.97. The van der Waals surface area contributed by atoms with E-state index in [4.69, 9.17) is 5.21 Å². The minimum absolute atomic E-state index is 0.186. The Hall–Kier alpha value is -0.650. The fourth-order valence-corrected chi connectivity index (χ4v) is 2.16. The van der Waals surface area contributed by atoms with Crippen molar-refractivity contribution in [1.29, 1.82) is 0 Å². The van der Waals surface area contributed by atoms with Crippen LogP contribution in [0.25, 0.3) is 0 Å². The second-order valence-corrected chi connectivity index (χ2v) is 4.49. The van der Waals surface area contributed by atoms with Crippen LogP contribution in [0.1, 0.15) is 32.6 Å². The largest absolute Gasteiger partial charge is 0.411 e. The molecular formula is C11H23N3O2. The van der Waals surface area contributed by atoms with Gasteiger partial charge in [-0.1, -0.05) is 18.0 Å². The molecule has 16 heavy (non-hydrogen) atoms. The minimum Gasteiger partial charge on any atom is -0.411 e. The Morgan fingerprint density at radius 1 is 1.31 bits per heavy atom. The van der Waals surface area contributed by atoms with Crippen LogP contribution in [0.4, 0.5) is 0 Å². The highest BCUT2D eigenvalue weighted by Gasteiger charge is 2.13. The number of aliphatic hydroxyl groups is 1. The molecule has 1 aliphatic rings. The summed E-state index contributed by atoms with van der Waals surface area (Å²) in [5, 5.41) is 23.4. The van der Waals surface area contributed by atoms with Crippen LogP contribution in [-0.2, 0) is 0 Å². The van der Waals surface area contributed by atoms with Gasteiger partial charge in [0.1, 0.15) is 6.23 Å². The molecule has 94 valence electrons. The van der Waals surface area contributed by atoms with Crippen molar-refractivity contribution in [1.82, 2.24) is 10.2 Å². The lowest BCUT2D eigenvalue weighted by atomic mass is 10.2. The summed E-state index contributed by atoms with van der Waals surface area (Å²) in [7, 11) is 0. The highest BCUT2D eigenvalue weighted by molar-refractivity contribution is 5.61. The van der Waals surface area contributed by atoms with E-state index in [9.17, 15) is 5.11 Å². The van der Waals surface area contributed by atoms with E-state index in [1.54, 1.807) is 0 Å². The van der Waals surface area contributed by atoms with E-state index in [1.165, 1.54) is 25.7 Å². The third-order valence-corrected chi connectivity index (χ3v) is 2.89. The summed E-state index contributed by atoms with van der Waals surface area (Å²) >= 11 is 0. The molecule has 2 atom stereocenters. The smallest absolute Gasteiger partial charge is 0.144 e. The molecule has 0 spiro atoms. The first-order chi connectivity index (χ1) is 7.72. The van der Waals surface area contributed by atoms with Gasteiger partial charge in [-0.05, 0) is 32.9 Å². The van der Waals surface area contributed by atoms with Crippen LogP contribution in [-0.4, -0.2) is 53.3 Å². The minimum atomic E-state index is -0.869. The Morgan fingerprint density at radius 3 is 2.50 bits per heavy atom. The van der Waals surface area contributed by atoms with Gasteiger partial charge in [0, 0.05) is 12.6 Å². The van der Waals surface area contributed by atoms with Gasteiger partial charge < -0.3 is 15.2 Å². The predicted octanol–water partition coefficient (Wildman–Crippen LogP) is 0.619. The lowest BCUT2D eigenvalue weighted by Gasteiger charge is -2.25. The maximum Gasteiger partial charge on any atom is 0.144 e. The normalized spacial score (nSPS) is 23.1. The van der Waals surface area contributed by atoms with E-state index < -0.39 is 6.23 Å². The number of hydrogen-bond acceptors (Lipinski definition) is 5. The Morgan fingerprint density at radius 2 is 1.94 bits per heavy atom. The van der Waals surface area contributed by atoms with Gasteiger partial charge in [-0.3, -0.25) is 5.32 Å². The molecule has 0 saturated carbocycles. The molecule has 1 fully saturated rings. The van der Waals surface area contributed by atoms with Crippen molar-refractivity contribution in [2.24, 2.45) is 5.16 Å². The van der Waals surface area contributed by atoms with E-state index in [0.717, 1.165) is 25.8 Å². The van der Waals surface area contributed by atoms with Gasteiger partial charge in [-0.2, -0.15) is 0 Å². The molecule has 1 aliphatic heterocycles. The van der Waals surface area contributed by atoms with Crippen LogP contribution in [0.15, 0.2) is 5.16 Å². The Labute approximate surface area is 97.1 Å². The Kier molecular flexibility index (Phi) is 6.37. The molecule has 0 aromatic heterocycles. The maximum atomic E-state index is 9.37. The number of hydrogen-bond donors (Lipinski definition) is 3. The number of nitrogens with zero attached hydrogens (tertiary/aromatic N) is 2. The summed E-state index contributed by atoms with van der Waals surface area (Å²) in [6, 6.07) is 0.186. The lowest BCUT2D eigenvalue weighted by Crippen LogP contribution is -2.44. The molecule has 1 heterocycles. The molecule has 0 amide bonds. The molecule has 0 aromatic rings. The zero-order valence-electron chi connectivity index (χ0n) is 9.97. The fourth-order valence-electron chi connectivity index (χ4n) is 2.16. The van der Waals surface area contributed by atoms with Crippen molar-refractivity contribution in [2.45, 2.75) is 44.9 Å². The molecule has 1 rings (SSSR count). The molecule has 1 saturated heterocycles. The Balaban J connectivity index is 2.23. The van der Waals surface area contributed by atoms with Crippen LogP contribution in [0.5, 0.6) is 0 Å². The van der Waals surface area contributed by atoms with Gasteiger partial charge >= 0.3 is 0 Å². The fraction of sp³-hybridized carbons (Fsp3) is 0.909. The summed E-state index contributed by atoms with van der Waals surface area (Å²) in [6.45, 7) is 5.25. The maximum absolute atomic E-state index is 9.37. The van der Waals surface area contributed by atoms with Crippen molar-refractivity contribution in [2.75, 3.05) is 19.6 Å². The molecule has 0 radical (unpaired) electrons. The van der Waals surface area contributed by atoms with Crippen LogP contribution >= 0.6 is 0 Å². The number of oxime groups is 1. The van der Waals surface area contributed by atoms with E-state index in [-0.39, 0.29) is 6.04 Å². The topological polar surface area (TPSA) is 68.1 Å². The number of nitrogens with one attached hydrogen (secondary N) is 1. The van der Waals surface area contributed by atoms with Crippen molar-refractivity contribution in [3.8, 4) is 0 Å². The molecule has 1 unspecified atom stereocenters. The highest BCUT2D eigenvalue weighted by atomic mass is 16.4. The second-order valence-electron chi connectivity index (χ2n) is 4.49. The average Bonchev–Trinajstić information content (AvgIpc) is 2.46. The number of aliphatic hydroxyl groups excluding tert-OH is 1. The van der Waals surface area contributed by atoms with E-state index >= 15 is 0 Å². The third-order valence-electron chi connectivity index (χ3n) is 2.89. The molecule has 0 aliphatic carbocycles. The molecule has 3 N–H and O–H groups in total. The first-order valence-corrected chi connectivity index (χ1v) is 6.06. The number of rotatable bonds is 5. The van der Waals surface area contributed by atoms with Gasteiger partial charge in [0.2, 0.25) is 0 Å². The highest BCUT2D eigenvalue weighted by Crippen LogP contribution is 2.09.